The number of hydrogen-bond acceptors (Lipinski definition) is 11. The number of hydrogen-bond donors (Lipinski definition) is 1. The van der Waals surface area contributed by atoms with Crippen molar-refractivity contribution < 1.29 is 37.0 Å². The molecule has 1 aromatic carbocycles. The van der Waals surface area contributed by atoms with Crippen LogP contribution in [0.15, 0.2) is 46.7 Å². The highest BCUT2D eigenvalue weighted by Gasteiger charge is 2.27. The lowest BCUT2D eigenvalue weighted by atomic mass is 10.1. The highest BCUT2D eigenvalue weighted by molar-refractivity contribution is 7.91. The van der Waals surface area contributed by atoms with Gasteiger partial charge in [-0.1, -0.05) is 17.3 Å². The third-order valence-electron chi connectivity index (χ3n) is 5.83. The van der Waals surface area contributed by atoms with Crippen molar-refractivity contribution in [1.29, 1.82) is 0 Å². The number of sulfone groups is 1. The van der Waals surface area contributed by atoms with E-state index in [0.717, 1.165) is 12.8 Å². The lowest BCUT2D eigenvalue weighted by molar-refractivity contribution is -0.110. The van der Waals surface area contributed by atoms with Crippen LogP contribution in [0.5, 0.6) is 5.88 Å². The average molecular weight is 551 g/mol. The van der Waals surface area contributed by atoms with Crippen molar-refractivity contribution >= 4 is 27.3 Å². The fourth-order valence-electron chi connectivity index (χ4n) is 3.75. The van der Waals surface area contributed by atoms with Gasteiger partial charge in [-0.15, -0.1) is 0 Å². The fraction of sp³-hybridized carbons (Fsp3) is 0.520. The molecule has 2 aromatic rings. The summed E-state index contributed by atoms with van der Waals surface area (Å²) < 4.78 is 45.8. The molecule has 0 bridgehead atoms. The SMILES string of the molecule is COCCCS(=O)(=O)c1ccc(/C(=N\O[C@@H]2CC[C@@H](OC)C2)C(=O)Nc2cnc(OCCOC)cn2)cc1. The molecule has 38 heavy (non-hydrogen) atoms. The van der Waals surface area contributed by atoms with Crippen molar-refractivity contribution in [3.63, 3.8) is 0 Å². The van der Waals surface area contributed by atoms with Gasteiger partial charge < -0.3 is 29.1 Å². The number of oxime groups is 1. The monoisotopic (exact) mass is 550 g/mol. The van der Waals surface area contributed by atoms with Gasteiger partial charge >= 0.3 is 0 Å². The first kappa shape index (κ1) is 29.4. The maximum atomic E-state index is 13.2. The van der Waals surface area contributed by atoms with Crippen LogP contribution >= 0.6 is 0 Å². The summed E-state index contributed by atoms with van der Waals surface area (Å²) >= 11 is 0. The second-order valence-corrected chi connectivity index (χ2v) is 10.7. The minimum atomic E-state index is -3.49. The van der Waals surface area contributed by atoms with Crippen LogP contribution < -0.4 is 10.1 Å². The first-order chi connectivity index (χ1) is 18.4. The molecule has 1 N–H and O–H groups in total. The van der Waals surface area contributed by atoms with Gasteiger partial charge in [-0.25, -0.2) is 18.4 Å². The van der Waals surface area contributed by atoms with Gasteiger partial charge in [0.1, 0.15) is 12.7 Å². The van der Waals surface area contributed by atoms with Crippen LogP contribution in [0, 0.1) is 0 Å². The van der Waals surface area contributed by atoms with Crippen LogP contribution in [0.4, 0.5) is 5.82 Å². The van der Waals surface area contributed by atoms with E-state index in [0.29, 0.717) is 38.2 Å². The zero-order chi connectivity index (χ0) is 27.4. The molecular formula is C25H34N4O8S. The maximum Gasteiger partial charge on any atom is 0.279 e. The molecule has 12 nitrogen and oxygen atoms in total. The molecule has 3 rings (SSSR count). The van der Waals surface area contributed by atoms with Crippen LogP contribution in [0.3, 0.4) is 0 Å². The fourth-order valence-corrected chi connectivity index (χ4v) is 5.04. The van der Waals surface area contributed by atoms with E-state index in [2.05, 4.69) is 20.4 Å². The molecule has 1 heterocycles. The Labute approximate surface area is 222 Å². The Balaban J connectivity index is 1.77. The zero-order valence-corrected chi connectivity index (χ0v) is 22.6. The predicted molar refractivity (Wildman–Crippen MR) is 139 cm³/mol. The number of aromatic nitrogens is 2. The number of benzene rings is 1. The topological polar surface area (TPSA) is 148 Å². The van der Waals surface area contributed by atoms with E-state index in [4.69, 9.17) is 23.8 Å². The third-order valence-corrected chi connectivity index (χ3v) is 7.65. The molecule has 1 amide bonds. The number of carbonyl (C=O) groups excluding carboxylic acids is 1. The van der Waals surface area contributed by atoms with Gasteiger partial charge in [-0.3, -0.25) is 4.79 Å². The van der Waals surface area contributed by atoms with Crippen molar-refractivity contribution in [3.8, 4) is 5.88 Å². The number of methoxy groups -OCH3 is 3. The first-order valence-electron chi connectivity index (χ1n) is 12.2. The lowest BCUT2D eigenvalue weighted by Gasteiger charge is -2.12. The second kappa shape index (κ2) is 14.7. The smallest absolute Gasteiger partial charge is 0.279 e. The highest BCUT2D eigenvalue weighted by Crippen LogP contribution is 2.25. The summed E-state index contributed by atoms with van der Waals surface area (Å²) in [5, 5.41) is 6.81. The Morgan fingerprint density at radius 2 is 1.74 bits per heavy atom. The summed E-state index contributed by atoms with van der Waals surface area (Å²) in [6, 6.07) is 5.94. The molecule has 208 valence electrons. The third kappa shape index (κ3) is 8.72. The van der Waals surface area contributed by atoms with Crippen molar-refractivity contribution in [2.24, 2.45) is 5.16 Å². The number of ether oxygens (including phenoxy) is 4. The summed E-state index contributed by atoms with van der Waals surface area (Å²) in [5.41, 5.74) is 0.350. The van der Waals surface area contributed by atoms with Crippen molar-refractivity contribution in [1.82, 2.24) is 9.97 Å². The van der Waals surface area contributed by atoms with Crippen LogP contribution in [0.2, 0.25) is 0 Å². The van der Waals surface area contributed by atoms with Gasteiger partial charge in [0.25, 0.3) is 5.91 Å². The largest absolute Gasteiger partial charge is 0.474 e. The van der Waals surface area contributed by atoms with E-state index < -0.39 is 15.7 Å². The van der Waals surface area contributed by atoms with Gasteiger partial charge in [0.2, 0.25) is 5.88 Å². The maximum absolute atomic E-state index is 13.2. The zero-order valence-electron chi connectivity index (χ0n) is 21.8. The summed E-state index contributed by atoms with van der Waals surface area (Å²) in [6.07, 6.45) is 5.23. The Bertz CT molecular complexity index is 1160. The Kier molecular flexibility index (Phi) is 11.4. The van der Waals surface area contributed by atoms with Crippen molar-refractivity contribution in [3.05, 3.63) is 42.2 Å². The van der Waals surface area contributed by atoms with E-state index in [1.807, 2.05) is 0 Å². The summed E-state index contributed by atoms with van der Waals surface area (Å²) in [5.74, 6) is -0.172. The van der Waals surface area contributed by atoms with Gasteiger partial charge in [-0.05, 0) is 31.4 Å². The van der Waals surface area contributed by atoms with E-state index in [1.165, 1.54) is 43.8 Å². The van der Waals surface area contributed by atoms with Gasteiger partial charge in [-0.2, -0.15) is 0 Å². The number of nitrogens with zero attached hydrogens (tertiary/aromatic N) is 3. The minimum Gasteiger partial charge on any atom is -0.474 e. The number of anilines is 1. The molecule has 1 aromatic heterocycles. The number of rotatable bonds is 15. The van der Waals surface area contributed by atoms with Crippen LogP contribution in [0.1, 0.15) is 31.2 Å². The molecule has 0 aliphatic heterocycles. The molecule has 0 spiro atoms. The molecule has 1 aliphatic carbocycles. The van der Waals surface area contributed by atoms with E-state index >= 15 is 0 Å². The minimum absolute atomic E-state index is 0.0311. The molecule has 0 unspecified atom stereocenters. The highest BCUT2D eigenvalue weighted by atomic mass is 32.2. The standard InChI is InChI=1S/C25H34N4O8S/c1-33-11-4-14-38(31,32)21-9-5-18(6-10-21)24(29-37-20-8-7-19(15-20)35-3)25(30)28-22-16-27-23(17-26-22)36-13-12-34-2/h5-6,9-10,16-17,19-20H,4,7-8,11-15H2,1-3H3,(H,26,28,30)/b29-24+/t19-,20-/m1/s1. The van der Waals surface area contributed by atoms with Crippen molar-refractivity contribution in [2.45, 2.75) is 42.8 Å². The quantitative estimate of drug-likeness (QED) is 0.199. The van der Waals surface area contributed by atoms with Gasteiger partial charge in [0, 0.05) is 39.9 Å². The first-order valence-corrected chi connectivity index (χ1v) is 13.9. The normalized spacial score (nSPS) is 17.8. The molecular weight excluding hydrogens is 516 g/mol. The van der Waals surface area contributed by atoms with Crippen LogP contribution in [-0.4, -0.2) is 89.1 Å². The second-order valence-electron chi connectivity index (χ2n) is 8.56. The number of carbonyl (C=O) groups is 1. The summed E-state index contributed by atoms with van der Waals surface area (Å²) in [4.78, 5) is 27.3. The molecule has 13 heteroatoms. The molecule has 1 aliphatic rings. The van der Waals surface area contributed by atoms with E-state index in [1.54, 1.807) is 14.2 Å². The molecule has 1 fully saturated rings. The Hall–Kier alpha value is -3.13. The van der Waals surface area contributed by atoms with Crippen LogP contribution in [0.25, 0.3) is 0 Å². The lowest BCUT2D eigenvalue weighted by Crippen LogP contribution is -2.25. The number of amides is 1. The average Bonchev–Trinajstić information content (AvgIpc) is 3.38. The molecule has 0 radical (unpaired) electrons. The summed E-state index contributed by atoms with van der Waals surface area (Å²) in [6.45, 7) is 1.06. The van der Waals surface area contributed by atoms with Gasteiger partial charge in [0.15, 0.2) is 21.4 Å². The predicted octanol–water partition coefficient (Wildman–Crippen LogP) is 2.24. The van der Waals surface area contributed by atoms with Gasteiger partial charge in [0.05, 0.1) is 35.8 Å². The van der Waals surface area contributed by atoms with E-state index in [-0.39, 0.29) is 40.3 Å². The van der Waals surface area contributed by atoms with Crippen LogP contribution in [-0.2, 0) is 33.7 Å². The summed E-state index contributed by atoms with van der Waals surface area (Å²) in [7, 11) is 1.24. The Morgan fingerprint density at radius 3 is 2.37 bits per heavy atom. The van der Waals surface area contributed by atoms with Crippen molar-refractivity contribution in [2.75, 3.05) is 52.2 Å². The molecule has 2 atom stereocenters. The number of nitrogens with one attached hydrogen (secondary N) is 1. The Morgan fingerprint density at radius 1 is 1.00 bits per heavy atom. The molecule has 0 saturated heterocycles. The van der Waals surface area contributed by atoms with E-state index in [9.17, 15) is 13.2 Å². The molecule has 1 saturated carbocycles.